The summed E-state index contributed by atoms with van der Waals surface area (Å²) >= 11 is 0. The molecule has 3 atom stereocenters. The van der Waals surface area contributed by atoms with Gasteiger partial charge < -0.3 is 5.11 Å². The number of hydrogen-bond donors (Lipinski definition) is 1. The lowest BCUT2D eigenvalue weighted by Crippen LogP contribution is -2.16. The number of benzene rings is 2. The zero-order chi connectivity index (χ0) is 15.7. The third kappa shape index (κ3) is 2.80. The molecule has 22 heavy (non-hydrogen) atoms. The highest BCUT2D eigenvalue weighted by Crippen LogP contribution is 2.43. The lowest BCUT2D eigenvalue weighted by molar-refractivity contribution is 0.147. The van der Waals surface area contributed by atoms with Crippen LogP contribution in [-0.4, -0.2) is 11.2 Å². The van der Waals surface area contributed by atoms with Gasteiger partial charge in [-0.25, -0.2) is 4.39 Å². The fourth-order valence-corrected chi connectivity index (χ4v) is 3.69. The molecule has 0 heterocycles. The molecule has 0 saturated heterocycles. The van der Waals surface area contributed by atoms with E-state index in [1.54, 1.807) is 12.1 Å². The Morgan fingerprint density at radius 1 is 1.14 bits per heavy atom. The number of fused-ring (bicyclic) bond motifs is 2. The number of halogens is 1. The highest BCUT2D eigenvalue weighted by atomic mass is 19.1. The summed E-state index contributed by atoms with van der Waals surface area (Å²) in [5.41, 5.74) is 4.89. The van der Waals surface area contributed by atoms with Gasteiger partial charge in [-0.2, -0.15) is 0 Å². The van der Waals surface area contributed by atoms with Gasteiger partial charge in [-0.3, -0.25) is 0 Å². The second kappa shape index (κ2) is 6.21. The number of rotatable bonds is 3. The van der Waals surface area contributed by atoms with Crippen molar-refractivity contribution in [3.63, 3.8) is 0 Å². The third-order valence-electron chi connectivity index (χ3n) is 5.03. The summed E-state index contributed by atoms with van der Waals surface area (Å²) in [6, 6.07) is 13.6. The van der Waals surface area contributed by atoms with Gasteiger partial charge in [0.05, 0.1) is 6.10 Å². The van der Waals surface area contributed by atoms with Crippen molar-refractivity contribution >= 4 is 0 Å². The van der Waals surface area contributed by atoms with Crippen molar-refractivity contribution in [3.8, 4) is 0 Å². The predicted octanol–water partition coefficient (Wildman–Crippen LogP) is 4.78. The van der Waals surface area contributed by atoms with E-state index in [-0.39, 0.29) is 23.8 Å². The number of hydrogen-bond acceptors (Lipinski definition) is 1. The molecule has 0 fully saturated rings. The van der Waals surface area contributed by atoms with Gasteiger partial charge in [0.2, 0.25) is 0 Å². The number of aliphatic hydroxyl groups is 1. The first-order valence-corrected chi connectivity index (χ1v) is 8.14. The van der Waals surface area contributed by atoms with Crippen molar-refractivity contribution in [1.82, 2.24) is 0 Å². The molecule has 3 rings (SSSR count). The second-order valence-electron chi connectivity index (χ2n) is 6.41. The largest absolute Gasteiger partial charge is 0.393 e. The van der Waals surface area contributed by atoms with E-state index in [9.17, 15) is 9.50 Å². The van der Waals surface area contributed by atoms with E-state index in [0.717, 1.165) is 24.8 Å². The topological polar surface area (TPSA) is 20.2 Å². The summed E-state index contributed by atoms with van der Waals surface area (Å²) in [6.45, 7) is 4.17. The monoisotopic (exact) mass is 298 g/mol. The maximum Gasteiger partial charge on any atom is 0.123 e. The van der Waals surface area contributed by atoms with E-state index in [0.29, 0.717) is 0 Å². The summed E-state index contributed by atoms with van der Waals surface area (Å²) < 4.78 is 13.7. The molecule has 116 valence electrons. The molecule has 1 aliphatic carbocycles. The Morgan fingerprint density at radius 3 is 2.64 bits per heavy atom. The van der Waals surface area contributed by atoms with Gasteiger partial charge in [0.15, 0.2) is 0 Å². The van der Waals surface area contributed by atoms with Crippen molar-refractivity contribution in [1.29, 1.82) is 0 Å². The van der Waals surface area contributed by atoms with Crippen LogP contribution in [-0.2, 0) is 6.42 Å². The summed E-state index contributed by atoms with van der Waals surface area (Å²) in [7, 11) is 0. The van der Waals surface area contributed by atoms with Crippen molar-refractivity contribution in [2.75, 3.05) is 0 Å². The Kier molecular flexibility index (Phi) is 4.30. The summed E-state index contributed by atoms with van der Waals surface area (Å²) in [4.78, 5) is 0. The maximum absolute atomic E-state index is 13.7. The van der Waals surface area contributed by atoms with Gasteiger partial charge in [-0.05, 0) is 65.5 Å². The minimum absolute atomic E-state index is 0.175. The Hall–Kier alpha value is -1.67. The standard InChI is InChI=1S/C20H23FO/c1-3-17(22)12-20-13(2)19-11-16(21)9-8-15(19)10-14-6-4-5-7-18(14)20/h4-9,11,13,17,20,22H,3,10,12H2,1-2H3/t13-,17-,20-/m1/s1. The molecule has 2 heteroatoms. The highest BCUT2D eigenvalue weighted by Gasteiger charge is 2.29. The predicted molar refractivity (Wildman–Crippen MR) is 87.7 cm³/mol. The minimum Gasteiger partial charge on any atom is -0.393 e. The zero-order valence-electron chi connectivity index (χ0n) is 13.2. The molecule has 2 aromatic rings. The quantitative estimate of drug-likeness (QED) is 0.864. The lowest BCUT2D eigenvalue weighted by Gasteiger charge is -2.27. The average molecular weight is 298 g/mol. The fraction of sp³-hybridized carbons (Fsp3) is 0.400. The molecule has 0 saturated carbocycles. The first kappa shape index (κ1) is 15.2. The minimum atomic E-state index is -0.310. The van der Waals surface area contributed by atoms with E-state index in [4.69, 9.17) is 0 Å². The van der Waals surface area contributed by atoms with Gasteiger partial charge in [-0.1, -0.05) is 44.2 Å². The van der Waals surface area contributed by atoms with Gasteiger partial charge in [-0.15, -0.1) is 0 Å². The Labute approximate surface area is 131 Å². The summed E-state index contributed by atoms with van der Waals surface area (Å²) in [5, 5.41) is 10.2. The van der Waals surface area contributed by atoms with Crippen LogP contribution < -0.4 is 0 Å². The molecule has 0 bridgehead atoms. The van der Waals surface area contributed by atoms with Crippen LogP contribution in [0.1, 0.15) is 60.8 Å². The van der Waals surface area contributed by atoms with E-state index < -0.39 is 0 Å². The van der Waals surface area contributed by atoms with Crippen LogP contribution in [0, 0.1) is 5.82 Å². The molecule has 0 unspecified atom stereocenters. The van der Waals surface area contributed by atoms with Crippen molar-refractivity contribution < 1.29 is 9.50 Å². The van der Waals surface area contributed by atoms with Crippen molar-refractivity contribution in [2.45, 2.75) is 51.0 Å². The second-order valence-corrected chi connectivity index (χ2v) is 6.41. The lowest BCUT2D eigenvalue weighted by atomic mass is 9.79. The molecule has 0 radical (unpaired) electrons. The van der Waals surface area contributed by atoms with Crippen LogP contribution in [0.2, 0.25) is 0 Å². The Bertz CT molecular complexity index is 665. The van der Waals surface area contributed by atoms with Gasteiger partial charge >= 0.3 is 0 Å². The molecule has 1 aliphatic rings. The van der Waals surface area contributed by atoms with E-state index in [1.165, 1.54) is 16.7 Å². The summed E-state index contributed by atoms with van der Waals surface area (Å²) in [6.07, 6.45) is 2.01. The molecule has 0 aliphatic heterocycles. The molecule has 0 spiro atoms. The average Bonchev–Trinajstić information content (AvgIpc) is 2.64. The smallest absolute Gasteiger partial charge is 0.123 e. The van der Waals surface area contributed by atoms with Crippen LogP contribution in [0.4, 0.5) is 4.39 Å². The van der Waals surface area contributed by atoms with Crippen LogP contribution >= 0.6 is 0 Å². The molecular weight excluding hydrogens is 275 g/mol. The van der Waals surface area contributed by atoms with Crippen LogP contribution in [0.5, 0.6) is 0 Å². The SMILES string of the molecule is CC[C@@H](O)C[C@H]1c2ccccc2Cc2ccc(F)cc2[C@H]1C. The first-order chi connectivity index (χ1) is 10.6. The van der Waals surface area contributed by atoms with Crippen molar-refractivity contribution in [3.05, 3.63) is 70.5 Å². The molecule has 1 N–H and O–H groups in total. The van der Waals surface area contributed by atoms with Crippen LogP contribution in [0.25, 0.3) is 0 Å². The van der Waals surface area contributed by atoms with E-state index in [2.05, 4.69) is 31.2 Å². The molecule has 1 nitrogen and oxygen atoms in total. The highest BCUT2D eigenvalue weighted by molar-refractivity contribution is 5.45. The normalized spacial score (nSPS) is 21.6. The summed E-state index contributed by atoms with van der Waals surface area (Å²) in [5.74, 6) is 0.260. The first-order valence-electron chi connectivity index (χ1n) is 8.14. The van der Waals surface area contributed by atoms with Gasteiger partial charge in [0.25, 0.3) is 0 Å². The molecule has 0 amide bonds. The van der Waals surface area contributed by atoms with E-state index in [1.807, 2.05) is 13.0 Å². The maximum atomic E-state index is 13.7. The van der Waals surface area contributed by atoms with Crippen LogP contribution in [0.3, 0.4) is 0 Å². The van der Waals surface area contributed by atoms with E-state index >= 15 is 0 Å². The molecule has 2 aromatic carbocycles. The zero-order valence-corrected chi connectivity index (χ0v) is 13.2. The Balaban J connectivity index is 2.11. The molecule has 0 aromatic heterocycles. The fourth-order valence-electron chi connectivity index (χ4n) is 3.69. The van der Waals surface area contributed by atoms with Gasteiger partial charge in [0, 0.05) is 0 Å². The molecular formula is C20H23FO. The van der Waals surface area contributed by atoms with Crippen LogP contribution in [0.15, 0.2) is 42.5 Å². The third-order valence-corrected chi connectivity index (χ3v) is 5.03. The van der Waals surface area contributed by atoms with Gasteiger partial charge in [0.1, 0.15) is 5.82 Å². The Morgan fingerprint density at radius 2 is 1.86 bits per heavy atom. The number of aliphatic hydroxyl groups excluding tert-OH is 1. The van der Waals surface area contributed by atoms with Crippen molar-refractivity contribution in [2.24, 2.45) is 0 Å².